The van der Waals surface area contributed by atoms with Gasteiger partial charge in [-0.2, -0.15) is 5.10 Å². The summed E-state index contributed by atoms with van der Waals surface area (Å²) in [6.45, 7) is 4.77. The third-order valence-electron chi connectivity index (χ3n) is 3.69. The van der Waals surface area contributed by atoms with Gasteiger partial charge in [0.15, 0.2) is 0 Å². The van der Waals surface area contributed by atoms with Crippen molar-refractivity contribution in [3.8, 4) is 0 Å². The standard InChI is InChI=1S/C13H21N3O2/c1-4-18-12(17)13(14-3,11-5-6-11)9-16-10(2)7-8-15-16/h7-8,11,14H,4-6,9H2,1-3H3. The van der Waals surface area contributed by atoms with E-state index in [0.717, 1.165) is 18.5 Å². The van der Waals surface area contributed by atoms with Gasteiger partial charge in [0.2, 0.25) is 0 Å². The normalized spacial score (nSPS) is 18.4. The van der Waals surface area contributed by atoms with Gasteiger partial charge in [-0.15, -0.1) is 0 Å². The summed E-state index contributed by atoms with van der Waals surface area (Å²) in [5.74, 6) is 0.190. The number of carbonyl (C=O) groups excluding carboxylic acids is 1. The highest BCUT2D eigenvalue weighted by molar-refractivity contribution is 5.81. The summed E-state index contributed by atoms with van der Waals surface area (Å²) < 4.78 is 7.11. The minimum absolute atomic E-state index is 0.162. The Morgan fingerprint density at radius 3 is 2.83 bits per heavy atom. The topological polar surface area (TPSA) is 56.2 Å². The lowest BCUT2D eigenvalue weighted by Gasteiger charge is -2.31. The molecule has 0 amide bonds. The fraction of sp³-hybridized carbons (Fsp3) is 0.692. The molecule has 100 valence electrons. The summed E-state index contributed by atoms with van der Waals surface area (Å²) in [5, 5.41) is 7.46. The predicted molar refractivity (Wildman–Crippen MR) is 68.1 cm³/mol. The van der Waals surface area contributed by atoms with Crippen LogP contribution in [0.25, 0.3) is 0 Å². The number of ether oxygens (including phenoxy) is 1. The van der Waals surface area contributed by atoms with Crippen LogP contribution in [0.1, 0.15) is 25.5 Å². The molecule has 0 saturated heterocycles. The van der Waals surface area contributed by atoms with Crippen LogP contribution in [0.3, 0.4) is 0 Å². The SMILES string of the molecule is CCOC(=O)C(Cn1nccc1C)(NC)C1CC1. The summed E-state index contributed by atoms with van der Waals surface area (Å²) in [4.78, 5) is 12.3. The molecule has 0 radical (unpaired) electrons. The molecule has 1 aromatic rings. The van der Waals surface area contributed by atoms with Crippen molar-refractivity contribution in [2.24, 2.45) is 5.92 Å². The Hall–Kier alpha value is -1.36. The quantitative estimate of drug-likeness (QED) is 0.770. The zero-order chi connectivity index (χ0) is 13.2. The maximum absolute atomic E-state index is 12.3. The number of rotatable bonds is 6. The highest BCUT2D eigenvalue weighted by Gasteiger charge is 2.51. The Bertz CT molecular complexity index is 426. The van der Waals surface area contributed by atoms with Gasteiger partial charge in [0.05, 0.1) is 13.2 Å². The predicted octanol–water partition coefficient (Wildman–Crippen LogP) is 1.12. The van der Waals surface area contributed by atoms with Gasteiger partial charge in [-0.3, -0.25) is 4.68 Å². The van der Waals surface area contributed by atoms with Gasteiger partial charge in [0.1, 0.15) is 5.54 Å². The van der Waals surface area contributed by atoms with E-state index in [2.05, 4.69) is 10.4 Å². The highest BCUT2D eigenvalue weighted by atomic mass is 16.5. The Morgan fingerprint density at radius 1 is 1.67 bits per heavy atom. The third kappa shape index (κ3) is 2.27. The van der Waals surface area contributed by atoms with Gasteiger partial charge in [0.25, 0.3) is 0 Å². The summed E-state index contributed by atoms with van der Waals surface area (Å²) in [7, 11) is 1.83. The van der Waals surface area contributed by atoms with E-state index in [9.17, 15) is 4.79 Å². The van der Waals surface area contributed by atoms with Gasteiger partial charge >= 0.3 is 5.97 Å². The largest absolute Gasteiger partial charge is 0.465 e. The summed E-state index contributed by atoms with van der Waals surface area (Å²) in [6.07, 6.45) is 3.90. The first-order valence-corrected chi connectivity index (χ1v) is 6.48. The van der Waals surface area contributed by atoms with Crippen LogP contribution in [0.5, 0.6) is 0 Å². The molecule has 1 atom stereocenters. The van der Waals surface area contributed by atoms with Gasteiger partial charge in [-0.25, -0.2) is 4.79 Å². The lowest BCUT2D eigenvalue weighted by Crippen LogP contribution is -2.56. The van der Waals surface area contributed by atoms with Crippen LogP contribution in [0, 0.1) is 12.8 Å². The molecule has 5 nitrogen and oxygen atoms in total. The first-order chi connectivity index (χ1) is 8.64. The molecule has 1 saturated carbocycles. The Kier molecular flexibility index (Phi) is 3.71. The molecule has 18 heavy (non-hydrogen) atoms. The molecule has 1 heterocycles. The lowest BCUT2D eigenvalue weighted by atomic mass is 9.93. The van der Waals surface area contributed by atoms with Crippen molar-refractivity contribution in [2.45, 2.75) is 38.8 Å². The van der Waals surface area contributed by atoms with Crippen molar-refractivity contribution in [1.29, 1.82) is 0 Å². The highest BCUT2D eigenvalue weighted by Crippen LogP contribution is 2.41. The molecular weight excluding hydrogens is 230 g/mol. The summed E-state index contributed by atoms with van der Waals surface area (Å²) in [6, 6.07) is 1.94. The molecule has 0 spiro atoms. The van der Waals surface area contributed by atoms with Crippen molar-refractivity contribution >= 4 is 5.97 Å². The maximum Gasteiger partial charge on any atom is 0.328 e. The molecular formula is C13H21N3O2. The van der Waals surface area contributed by atoms with Crippen LogP contribution in [0.4, 0.5) is 0 Å². The first-order valence-electron chi connectivity index (χ1n) is 6.48. The Morgan fingerprint density at radius 2 is 2.39 bits per heavy atom. The van der Waals surface area contributed by atoms with Crippen molar-refractivity contribution in [1.82, 2.24) is 15.1 Å². The zero-order valence-electron chi connectivity index (χ0n) is 11.3. The lowest BCUT2D eigenvalue weighted by molar-refractivity contribution is -0.153. The minimum Gasteiger partial charge on any atom is -0.465 e. The molecule has 1 aliphatic rings. The van der Waals surface area contributed by atoms with Crippen LogP contribution in [0.2, 0.25) is 0 Å². The van der Waals surface area contributed by atoms with Crippen LogP contribution in [-0.4, -0.2) is 34.9 Å². The second-order valence-electron chi connectivity index (χ2n) is 4.85. The van der Waals surface area contributed by atoms with Gasteiger partial charge in [-0.1, -0.05) is 0 Å². The van der Waals surface area contributed by atoms with E-state index in [0.29, 0.717) is 19.1 Å². The molecule has 5 heteroatoms. The van der Waals surface area contributed by atoms with Crippen molar-refractivity contribution in [3.05, 3.63) is 18.0 Å². The number of hydrogen-bond acceptors (Lipinski definition) is 4. The van der Waals surface area contributed by atoms with E-state index in [4.69, 9.17) is 4.74 Å². The molecule has 2 rings (SSSR count). The number of carbonyl (C=O) groups is 1. The van der Waals surface area contributed by atoms with Crippen molar-refractivity contribution in [3.63, 3.8) is 0 Å². The van der Waals surface area contributed by atoms with Crippen molar-refractivity contribution in [2.75, 3.05) is 13.7 Å². The monoisotopic (exact) mass is 251 g/mol. The third-order valence-corrected chi connectivity index (χ3v) is 3.69. The number of likely N-dealkylation sites (N-methyl/N-ethyl adjacent to an activating group) is 1. The maximum atomic E-state index is 12.3. The fourth-order valence-corrected chi connectivity index (χ4v) is 2.38. The number of aromatic nitrogens is 2. The molecule has 0 bridgehead atoms. The molecule has 0 aliphatic heterocycles. The average Bonchev–Trinajstić information content (AvgIpc) is 3.12. The van der Waals surface area contributed by atoms with Gasteiger partial charge in [-0.05, 0) is 45.7 Å². The number of nitrogens with zero attached hydrogens (tertiary/aromatic N) is 2. The van der Waals surface area contributed by atoms with Crippen LogP contribution >= 0.6 is 0 Å². The first kappa shape index (κ1) is 13.1. The van der Waals surface area contributed by atoms with Crippen molar-refractivity contribution < 1.29 is 9.53 Å². The summed E-state index contributed by atoms with van der Waals surface area (Å²) >= 11 is 0. The van der Waals surface area contributed by atoms with Gasteiger partial charge < -0.3 is 10.1 Å². The zero-order valence-corrected chi connectivity index (χ0v) is 11.3. The second-order valence-corrected chi connectivity index (χ2v) is 4.85. The van der Waals surface area contributed by atoms with E-state index in [1.165, 1.54) is 0 Å². The molecule has 1 unspecified atom stereocenters. The van der Waals surface area contributed by atoms with E-state index in [1.54, 1.807) is 6.20 Å². The van der Waals surface area contributed by atoms with Crippen LogP contribution in [0.15, 0.2) is 12.3 Å². The smallest absolute Gasteiger partial charge is 0.328 e. The minimum atomic E-state index is -0.632. The molecule has 1 aromatic heterocycles. The molecule has 1 aliphatic carbocycles. The second kappa shape index (κ2) is 5.10. The molecule has 1 fully saturated rings. The van der Waals surface area contributed by atoms with E-state index in [-0.39, 0.29) is 5.97 Å². The number of esters is 1. The Labute approximate surface area is 108 Å². The van der Waals surface area contributed by atoms with Crippen LogP contribution < -0.4 is 5.32 Å². The van der Waals surface area contributed by atoms with Gasteiger partial charge in [0, 0.05) is 11.9 Å². The summed E-state index contributed by atoms with van der Waals surface area (Å²) in [5.41, 5.74) is 0.423. The molecule has 1 N–H and O–H groups in total. The molecule has 0 aromatic carbocycles. The number of hydrogen-bond donors (Lipinski definition) is 1. The van der Waals surface area contributed by atoms with E-state index in [1.807, 2.05) is 31.6 Å². The van der Waals surface area contributed by atoms with E-state index < -0.39 is 5.54 Å². The fourth-order valence-electron chi connectivity index (χ4n) is 2.38. The van der Waals surface area contributed by atoms with Crippen LogP contribution in [-0.2, 0) is 16.1 Å². The number of nitrogens with one attached hydrogen (secondary N) is 1. The average molecular weight is 251 g/mol. The number of aryl methyl sites for hydroxylation is 1. The van der Waals surface area contributed by atoms with E-state index >= 15 is 0 Å². The Balaban J connectivity index is 2.24.